The fraction of sp³-hybridized carbons (Fsp3) is 0.909. The summed E-state index contributed by atoms with van der Waals surface area (Å²) in [4.78, 5) is 14.0. The summed E-state index contributed by atoms with van der Waals surface area (Å²) in [6, 6.07) is 0.282. The van der Waals surface area contributed by atoms with E-state index in [2.05, 4.69) is 31.0 Å². The lowest BCUT2D eigenvalue weighted by Crippen LogP contribution is -2.52. The molecule has 1 heterocycles. The summed E-state index contributed by atoms with van der Waals surface area (Å²) in [6.45, 7) is 8.63. The zero-order valence-electron chi connectivity index (χ0n) is 9.99. The van der Waals surface area contributed by atoms with Crippen LogP contribution in [0.15, 0.2) is 0 Å². The first kappa shape index (κ1) is 12.5. The van der Waals surface area contributed by atoms with Crippen LogP contribution in [-0.2, 0) is 4.79 Å². The summed E-state index contributed by atoms with van der Waals surface area (Å²) >= 11 is 0. The molecule has 3 N–H and O–H groups in total. The van der Waals surface area contributed by atoms with Gasteiger partial charge < -0.3 is 11.1 Å². The van der Waals surface area contributed by atoms with Gasteiger partial charge in [0, 0.05) is 25.7 Å². The maximum atomic E-state index is 11.8. The third kappa shape index (κ3) is 3.18. The number of rotatable bonds is 3. The number of carbonyl (C=O) groups excluding carboxylic acids is 1. The van der Waals surface area contributed by atoms with Crippen LogP contribution in [0.3, 0.4) is 0 Å². The summed E-state index contributed by atoms with van der Waals surface area (Å²) in [5.41, 5.74) is 5.69. The lowest BCUT2D eigenvalue weighted by Gasteiger charge is -2.33. The van der Waals surface area contributed by atoms with Crippen LogP contribution in [0.25, 0.3) is 0 Å². The molecule has 0 aromatic heterocycles. The van der Waals surface area contributed by atoms with Crippen molar-refractivity contribution in [3.8, 4) is 0 Å². The molecule has 0 aromatic rings. The van der Waals surface area contributed by atoms with Crippen molar-refractivity contribution in [1.29, 1.82) is 0 Å². The molecule has 1 saturated heterocycles. The SMILES string of the molecule is CC(C)CN1C(C)CCNC(=O)C1CN. The van der Waals surface area contributed by atoms with E-state index in [1.165, 1.54) is 0 Å². The van der Waals surface area contributed by atoms with Crippen molar-refractivity contribution >= 4 is 5.91 Å². The second kappa shape index (κ2) is 5.47. The van der Waals surface area contributed by atoms with Crippen LogP contribution >= 0.6 is 0 Å². The molecule has 0 aliphatic carbocycles. The molecule has 4 heteroatoms. The summed E-state index contributed by atoms with van der Waals surface area (Å²) in [5.74, 6) is 0.648. The molecule has 4 nitrogen and oxygen atoms in total. The van der Waals surface area contributed by atoms with E-state index >= 15 is 0 Å². The van der Waals surface area contributed by atoms with Gasteiger partial charge in [0.25, 0.3) is 0 Å². The van der Waals surface area contributed by atoms with Crippen molar-refractivity contribution in [2.75, 3.05) is 19.6 Å². The molecule has 15 heavy (non-hydrogen) atoms. The van der Waals surface area contributed by atoms with E-state index in [9.17, 15) is 4.79 Å². The molecule has 1 rings (SSSR count). The molecular weight excluding hydrogens is 190 g/mol. The first-order valence-corrected chi connectivity index (χ1v) is 5.79. The first-order chi connectivity index (χ1) is 7.06. The smallest absolute Gasteiger partial charge is 0.238 e. The molecule has 1 aliphatic heterocycles. The number of amides is 1. The van der Waals surface area contributed by atoms with Crippen LogP contribution in [-0.4, -0.2) is 42.5 Å². The van der Waals surface area contributed by atoms with E-state index in [0.717, 1.165) is 19.5 Å². The zero-order chi connectivity index (χ0) is 11.4. The molecule has 1 fully saturated rings. The van der Waals surface area contributed by atoms with Crippen LogP contribution in [0.5, 0.6) is 0 Å². The van der Waals surface area contributed by atoms with Crippen molar-refractivity contribution in [1.82, 2.24) is 10.2 Å². The Bertz CT molecular complexity index is 218. The summed E-state index contributed by atoms with van der Waals surface area (Å²) in [6.07, 6.45) is 1.01. The Labute approximate surface area is 92.2 Å². The van der Waals surface area contributed by atoms with Gasteiger partial charge >= 0.3 is 0 Å². The number of nitrogens with zero attached hydrogens (tertiary/aromatic N) is 1. The van der Waals surface area contributed by atoms with Gasteiger partial charge in [-0.05, 0) is 19.3 Å². The molecule has 2 atom stereocenters. The quantitative estimate of drug-likeness (QED) is 0.703. The van der Waals surface area contributed by atoms with E-state index in [0.29, 0.717) is 18.5 Å². The van der Waals surface area contributed by atoms with Gasteiger partial charge in [-0.15, -0.1) is 0 Å². The third-order valence-corrected chi connectivity index (χ3v) is 2.93. The number of hydrogen-bond donors (Lipinski definition) is 2. The second-order valence-electron chi connectivity index (χ2n) is 4.77. The lowest BCUT2D eigenvalue weighted by molar-refractivity contribution is -0.125. The van der Waals surface area contributed by atoms with Gasteiger partial charge in [0.05, 0.1) is 0 Å². The van der Waals surface area contributed by atoms with E-state index < -0.39 is 0 Å². The zero-order valence-corrected chi connectivity index (χ0v) is 9.99. The minimum Gasteiger partial charge on any atom is -0.355 e. The molecule has 1 aliphatic rings. The van der Waals surface area contributed by atoms with Crippen LogP contribution in [0, 0.1) is 5.92 Å². The molecule has 0 radical (unpaired) electrons. The summed E-state index contributed by atoms with van der Waals surface area (Å²) in [5, 5.41) is 2.92. The van der Waals surface area contributed by atoms with Gasteiger partial charge in [-0.1, -0.05) is 13.8 Å². The van der Waals surface area contributed by atoms with Crippen molar-refractivity contribution in [2.24, 2.45) is 11.7 Å². The van der Waals surface area contributed by atoms with Crippen molar-refractivity contribution < 1.29 is 4.79 Å². The fourth-order valence-corrected chi connectivity index (χ4v) is 2.12. The Morgan fingerprint density at radius 1 is 1.60 bits per heavy atom. The highest BCUT2D eigenvalue weighted by molar-refractivity contribution is 5.82. The average Bonchev–Trinajstić information content (AvgIpc) is 2.27. The average molecular weight is 213 g/mol. The molecule has 0 aromatic carbocycles. The molecule has 2 unspecified atom stereocenters. The fourth-order valence-electron chi connectivity index (χ4n) is 2.12. The maximum Gasteiger partial charge on any atom is 0.238 e. The largest absolute Gasteiger partial charge is 0.355 e. The number of hydrogen-bond acceptors (Lipinski definition) is 3. The van der Waals surface area contributed by atoms with E-state index in [-0.39, 0.29) is 11.9 Å². The highest BCUT2D eigenvalue weighted by atomic mass is 16.2. The number of carbonyl (C=O) groups is 1. The molecule has 0 saturated carbocycles. The summed E-state index contributed by atoms with van der Waals surface area (Å²) in [7, 11) is 0. The maximum absolute atomic E-state index is 11.8. The summed E-state index contributed by atoms with van der Waals surface area (Å²) < 4.78 is 0. The Morgan fingerprint density at radius 2 is 2.27 bits per heavy atom. The highest BCUT2D eigenvalue weighted by Crippen LogP contribution is 2.14. The molecular formula is C11H23N3O. The predicted octanol–water partition coefficient (Wildman–Crippen LogP) is 0.180. The molecule has 88 valence electrons. The van der Waals surface area contributed by atoms with Crippen LogP contribution in [0.2, 0.25) is 0 Å². The van der Waals surface area contributed by atoms with Gasteiger partial charge in [-0.25, -0.2) is 0 Å². The Hall–Kier alpha value is -0.610. The monoisotopic (exact) mass is 213 g/mol. The second-order valence-corrected chi connectivity index (χ2v) is 4.77. The number of nitrogens with two attached hydrogens (primary N) is 1. The third-order valence-electron chi connectivity index (χ3n) is 2.93. The Balaban J connectivity index is 2.76. The van der Waals surface area contributed by atoms with Gasteiger partial charge in [-0.2, -0.15) is 0 Å². The topological polar surface area (TPSA) is 58.4 Å². The van der Waals surface area contributed by atoms with E-state index in [1.807, 2.05) is 0 Å². The van der Waals surface area contributed by atoms with Gasteiger partial charge in [0.1, 0.15) is 6.04 Å². The molecule has 1 amide bonds. The van der Waals surface area contributed by atoms with Crippen LogP contribution in [0.4, 0.5) is 0 Å². The van der Waals surface area contributed by atoms with E-state index in [4.69, 9.17) is 5.73 Å². The Kier molecular flexibility index (Phi) is 4.54. The van der Waals surface area contributed by atoms with E-state index in [1.54, 1.807) is 0 Å². The first-order valence-electron chi connectivity index (χ1n) is 5.79. The van der Waals surface area contributed by atoms with Crippen molar-refractivity contribution in [3.63, 3.8) is 0 Å². The standard InChI is InChI=1S/C11H23N3O/c1-8(2)7-14-9(3)4-5-13-11(15)10(14)6-12/h8-10H,4-7,12H2,1-3H3,(H,13,15). The van der Waals surface area contributed by atoms with Crippen LogP contribution in [0.1, 0.15) is 27.2 Å². The molecule has 0 spiro atoms. The van der Waals surface area contributed by atoms with Crippen molar-refractivity contribution in [2.45, 2.75) is 39.3 Å². The normalized spacial score (nSPS) is 29.0. The minimum atomic E-state index is -0.148. The van der Waals surface area contributed by atoms with Crippen molar-refractivity contribution in [3.05, 3.63) is 0 Å². The predicted molar refractivity (Wildman–Crippen MR) is 61.5 cm³/mol. The van der Waals surface area contributed by atoms with Gasteiger partial charge in [0.15, 0.2) is 0 Å². The van der Waals surface area contributed by atoms with Gasteiger partial charge in [-0.3, -0.25) is 9.69 Å². The number of nitrogens with one attached hydrogen (secondary N) is 1. The highest BCUT2D eigenvalue weighted by Gasteiger charge is 2.30. The minimum absolute atomic E-state index is 0.0856. The Morgan fingerprint density at radius 3 is 2.80 bits per heavy atom. The van der Waals surface area contributed by atoms with Gasteiger partial charge in [0.2, 0.25) is 5.91 Å². The van der Waals surface area contributed by atoms with Crippen LogP contribution < -0.4 is 11.1 Å². The molecule has 0 bridgehead atoms. The lowest BCUT2D eigenvalue weighted by atomic mass is 10.1.